The van der Waals surface area contributed by atoms with Crippen LogP contribution >= 0.6 is 11.3 Å². The average molecular weight is 389 g/mol. The number of phenolic OH excluding ortho intramolecular Hbond substituents is 1. The number of benzene rings is 1. The molecule has 1 aromatic carbocycles. The first kappa shape index (κ1) is 18.8. The number of carbonyl (C=O) groups excluding carboxylic acids is 1. The number of fused-ring (bicyclic) bond motifs is 1. The summed E-state index contributed by atoms with van der Waals surface area (Å²) in [5.74, 6) is -0.293. The molecule has 1 atom stereocenters. The van der Waals surface area contributed by atoms with E-state index in [-0.39, 0.29) is 11.7 Å². The first-order valence-corrected chi connectivity index (χ1v) is 9.21. The molecule has 0 spiro atoms. The number of hydrogen-bond donors (Lipinski definition) is 2. The molecule has 1 aromatic heterocycles. The second-order valence-corrected chi connectivity index (χ2v) is 7.59. The van der Waals surface area contributed by atoms with Crippen LogP contribution in [0.15, 0.2) is 23.3 Å². The Morgan fingerprint density at radius 3 is 2.96 bits per heavy atom. The van der Waals surface area contributed by atoms with Gasteiger partial charge in [-0.25, -0.2) is 5.43 Å². The highest BCUT2D eigenvalue weighted by Crippen LogP contribution is 2.36. The fourth-order valence-corrected chi connectivity index (χ4v) is 4.12. The Hall–Kier alpha value is -2.94. The minimum Gasteiger partial charge on any atom is -0.500 e. The highest BCUT2D eigenvalue weighted by atomic mass is 32.1. The van der Waals surface area contributed by atoms with E-state index in [2.05, 4.69) is 17.5 Å². The summed E-state index contributed by atoms with van der Waals surface area (Å²) >= 11 is 1.48. The number of ether oxygens (including phenoxy) is 1. The van der Waals surface area contributed by atoms with E-state index in [1.54, 1.807) is 0 Å². The molecule has 1 heterocycles. The van der Waals surface area contributed by atoms with Crippen LogP contribution in [-0.4, -0.2) is 29.3 Å². The third-order valence-electron chi connectivity index (χ3n) is 4.43. The van der Waals surface area contributed by atoms with E-state index in [1.165, 1.54) is 41.2 Å². The summed E-state index contributed by atoms with van der Waals surface area (Å²) in [6, 6.07) is 4.46. The summed E-state index contributed by atoms with van der Waals surface area (Å²) in [5, 5.41) is 24.6. The molecule has 1 aliphatic rings. The van der Waals surface area contributed by atoms with Crippen LogP contribution in [-0.2, 0) is 12.8 Å². The Morgan fingerprint density at radius 2 is 2.26 bits per heavy atom. The molecule has 142 valence electrons. The van der Waals surface area contributed by atoms with Crippen molar-refractivity contribution in [1.29, 1.82) is 0 Å². The van der Waals surface area contributed by atoms with Gasteiger partial charge in [-0.3, -0.25) is 14.9 Å². The fraction of sp³-hybridized carbons (Fsp3) is 0.333. The molecule has 3 rings (SSSR count). The fourth-order valence-electron chi connectivity index (χ4n) is 3.02. The minimum absolute atomic E-state index is 0.0444. The predicted octanol–water partition coefficient (Wildman–Crippen LogP) is 3.26. The summed E-state index contributed by atoms with van der Waals surface area (Å²) in [6.45, 7) is 2.20. The lowest BCUT2D eigenvalue weighted by atomic mass is 9.90. The number of hydrazone groups is 1. The van der Waals surface area contributed by atoms with Crippen LogP contribution in [0.25, 0.3) is 0 Å². The first-order chi connectivity index (χ1) is 12.9. The number of hydrogen-bond acceptors (Lipinski definition) is 7. The van der Waals surface area contributed by atoms with Gasteiger partial charge in [-0.15, -0.1) is 11.3 Å². The monoisotopic (exact) mass is 389 g/mol. The maximum absolute atomic E-state index is 12.3. The maximum Gasteiger partial charge on any atom is 0.315 e. The van der Waals surface area contributed by atoms with Gasteiger partial charge in [0.15, 0.2) is 5.75 Å². The molecule has 0 unspecified atom stereocenters. The van der Waals surface area contributed by atoms with Crippen LogP contribution in [0, 0.1) is 16.0 Å². The molecule has 27 heavy (non-hydrogen) atoms. The Bertz CT molecular complexity index is 922. The number of nitrogens with zero attached hydrogens (tertiary/aromatic N) is 2. The molecule has 0 saturated carbocycles. The number of amides is 1. The molecular weight excluding hydrogens is 370 g/mol. The zero-order chi connectivity index (χ0) is 19.6. The summed E-state index contributed by atoms with van der Waals surface area (Å²) in [4.78, 5) is 24.4. The van der Waals surface area contributed by atoms with E-state index in [0.717, 1.165) is 25.3 Å². The minimum atomic E-state index is -0.717. The quantitative estimate of drug-likeness (QED) is 0.463. The SMILES string of the molecule is COc1cc(/C=N\NC(=O)c2cc3c(s2)CC[C@@H](C)C3)cc([N+](=O)[O-])c1O. The topological polar surface area (TPSA) is 114 Å². The summed E-state index contributed by atoms with van der Waals surface area (Å²) < 4.78 is 4.93. The lowest BCUT2D eigenvalue weighted by Gasteiger charge is -2.16. The lowest BCUT2D eigenvalue weighted by Crippen LogP contribution is -2.16. The molecule has 0 aliphatic heterocycles. The van der Waals surface area contributed by atoms with Crippen LogP contribution in [0.5, 0.6) is 11.5 Å². The van der Waals surface area contributed by atoms with Gasteiger partial charge in [0.1, 0.15) is 0 Å². The van der Waals surface area contributed by atoms with Crippen molar-refractivity contribution >= 4 is 29.1 Å². The smallest absolute Gasteiger partial charge is 0.315 e. The number of aromatic hydroxyl groups is 1. The normalized spacial score (nSPS) is 16.1. The number of rotatable bonds is 5. The number of nitrogens with one attached hydrogen (secondary N) is 1. The van der Waals surface area contributed by atoms with E-state index in [4.69, 9.17) is 4.74 Å². The molecule has 2 N–H and O–H groups in total. The van der Waals surface area contributed by atoms with E-state index in [0.29, 0.717) is 16.4 Å². The number of thiophene rings is 1. The predicted molar refractivity (Wildman–Crippen MR) is 102 cm³/mol. The molecule has 0 saturated heterocycles. The molecule has 9 heteroatoms. The van der Waals surface area contributed by atoms with E-state index in [1.807, 2.05) is 6.07 Å². The molecule has 1 aliphatic carbocycles. The van der Waals surface area contributed by atoms with Crippen molar-refractivity contribution in [3.05, 3.63) is 49.2 Å². The van der Waals surface area contributed by atoms with Gasteiger partial charge in [-0.05, 0) is 42.9 Å². The first-order valence-electron chi connectivity index (χ1n) is 8.39. The second-order valence-electron chi connectivity index (χ2n) is 6.45. The summed E-state index contributed by atoms with van der Waals surface area (Å²) in [6.07, 6.45) is 4.38. The Balaban J connectivity index is 1.73. The highest BCUT2D eigenvalue weighted by molar-refractivity contribution is 7.14. The lowest BCUT2D eigenvalue weighted by molar-refractivity contribution is -0.386. The summed E-state index contributed by atoms with van der Waals surface area (Å²) in [5.41, 5.74) is 3.48. The van der Waals surface area contributed by atoms with Crippen molar-refractivity contribution in [2.75, 3.05) is 7.11 Å². The third kappa shape index (κ3) is 4.08. The molecular formula is C18H19N3O5S. The van der Waals surface area contributed by atoms with Crippen LogP contribution in [0.1, 0.15) is 39.0 Å². The second kappa shape index (κ2) is 7.75. The number of methoxy groups -OCH3 is 1. The zero-order valence-electron chi connectivity index (χ0n) is 14.9. The van der Waals surface area contributed by atoms with Gasteiger partial charge >= 0.3 is 5.69 Å². The molecule has 0 radical (unpaired) electrons. The molecule has 0 fully saturated rings. The average Bonchev–Trinajstić information content (AvgIpc) is 3.05. The van der Waals surface area contributed by atoms with Crippen molar-refractivity contribution in [2.45, 2.75) is 26.2 Å². The van der Waals surface area contributed by atoms with Gasteiger partial charge in [0, 0.05) is 16.5 Å². The summed E-state index contributed by atoms with van der Waals surface area (Å²) in [7, 11) is 1.29. The van der Waals surface area contributed by atoms with Gasteiger partial charge in [0.25, 0.3) is 5.91 Å². The largest absolute Gasteiger partial charge is 0.500 e. The van der Waals surface area contributed by atoms with Crippen LogP contribution < -0.4 is 10.2 Å². The van der Waals surface area contributed by atoms with E-state index < -0.39 is 16.4 Å². The molecule has 2 aromatic rings. The molecule has 0 bridgehead atoms. The van der Waals surface area contributed by atoms with Crippen molar-refractivity contribution in [3.8, 4) is 11.5 Å². The van der Waals surface area contributed by atoms with Crippen molar-refractivity contribution in [3.63, 3.8) is 0 Å². The van der Waals surface area contributed by atoms with Crippen LogP contribution in [0.2, 0.25) is 0 Å². The number of nitro groups is 1. The zero-order valence-corrected chi connectivity index (χ0v) is 15.7. The van der Waals surface area contributed by atoms with Crippen molar-refractivity contribution in [2.24, 2.45) is 11.0 Å². The van der Waals surface area contributed by atoms with Crippen molar-refractivity contribution in [1.82, 2.24) is 5.43 Å². The maximum atomic E-state index is 12.3. The van der Waals surface area contributed by atoms with Crippen LogP contribution in [0.4, 0.5) is 5.69 Å². The van der Waals surface area contributed by atoms with Gasteiger partial charge < -0.3 is 9.84 Å². The number of aryl methyl sites for hydroxylation is 1. The van der Waals surface area contributed by atoms with Crippen LogP contribution in [0.3, 0.4) is 0 Å². The van der Waals surface area contributed by atoms with Gasteiger partial charge in [0.2, 0.25) is 5.75 Å². The van der Waals surface area contributed by atoms with Crippen molar-refractivity contribution < 1.29 is 19.6 Å². The molecule has 8 nitrogen and oxygen atoms in total. The van der Waals surface area contributed by atoms with Gasteiger partial charge in [-0.2, -0.15) is 5.10 Å². The standard InChI is InChI=1S/C18H19N3O5S/c1-10-3-4-15-12(5-10)8-16(27-15)18(23)20-19-9-11-6-13(21(24)25)17(22)14(7-11)26-2/h6-10,22H,3-5H2,1-2H3,(H,20,23)/b19-9-/t10-/m1/s1. The van der Waals surface area contributed by atoms with Gasteiger partial charge in [0.05, 0.1) is 23.1 Å². The van der Waals surface area contributed by atoms with E-state index in [9.17, 15) is 20.0 Å². The highest BCUT2D eigenvalue weighted by Gasteiger charge is 2.21. The van der Waals surface area contributed by atoms with E-state index >= 15 is 0 Å². The Kier molecular flexibility index (Phi) is 5.41. The molecule has 1 amide bonds. The Morgan fingerprint density at radius 1 is 1.48 bits per heavy atom. The number of nitro benzene ring substituents is 1. The van der Waals surface area contributed by atoms with Gasteiger partial charge in [-0.1, -0.05) is 6.92 Å². The number of carbonyl (C=O) groups is 1. The number of phenols is 1. The third-order valence-corrected chi connectivity index (χ3v) is 5.66. The Labute approximate surface area is 159 Å².